The van der Waals surface area contributed by atoms with Gasteiger partial charge in [-0.2, -0.15) is 10.1 Å². The number of ether oxygens (including phenoxy) is 1. The van der Waals surface area contributed by atoms with E-state index in [1.807, 2.05) is 13.8 Å². The average molecular weight is 385 g/mol. The highest BCUT2D eigenvalue weighted by Gasteiger charge is 2.34. The van der Waals surface area contributed by atoms with Gasteiger partial charge in [0.2, 0.25) is 11.9 Å². The summed E-state index contributed by atoms with van der Waals surface area (Å²) in [6.45, 7) is 4.33. The molecule has 1 aromatic heterocycles. The van der Waals surface area contributed by atoms with Gasteiger partial charge in [0.05, 0.1) is 18.6 Å². The number of fused-ring (bicyclic) bond motifs is 1. The van der Waals surface area contributed by atoms with Crippen molar-refractivity contribution in [3.8, 4) is 0 Å². The van der Waals surface area contributed by atoms with Crippen LogP contribution in [0.15, 0.2) is 24.3 Å². The Morgan fingerprint density at radius 1 is 1.25 bits per heavy atom. The van der Waals surface area contributed by atoms with E-state index in [0.29, 0.717) is 36.1 Å². The van der Waals surface area contributed by atoms with Crippen LogP contribution < -0.4 is 10.6 Å². The highest BCUT2D eigenvalue weighted by atomic mass is 16.5. The maximum Gasteiger partial charge on any atom is 0.338 e. The van der Waals surface area contributed by atoms with Crippen LogP contribution in [0.1, 0.15) is 55.3 Å². The van der Waals surface area contributed by atoms with Gasteiger partial charge in [-0.25, -0.2) is 9.48 Å². The van der Waals surface area contributed by atoms with Crippen LogP contribution in [-0.2, 0) is 20.7 Å². The fraction of sp³-hybridized carbons (Fsp3) is 0.421. The molecule has 2 amide bonds. The first-order chi connectivity index (χ1) is 13.5. The number of aromatic nitrogens is 3. The van der Waals surface area contributed by atoms with Gasteiger partial charge in [0, 0.05) is 12.1 Å². The third-order valence-electron chi connectivity index (χ3n) is 4.34. The van der Waals surface area contributed by atoms with E-state index >= 15 is 0 Å². The molecule has 2 heterocycles. The Bertz CT molecular complexity index is 875. The van der Waals surface area contributed by atoms with E-state index in [2.05, 4.69) is 20.7 Å². The highest BCUT2D eigenvalue weighted by Crippen LogP contribution is 2.25. The lowest BCUT2D eigenvalue weighted by Gasteiger charge is -2.10. The predicted molar refractivity (Wildman–Crippen MR) is 102 cm³/mol. The Morgan fingerprint density at radius 2 is 2.00 bits per heavy atom. The molecular formula is C19H23N5O4. The summed E-state index contributed by atoms with van der Waals surface area (Å²) in [4.78, 5) is 40.5. The van der Waals surface area contributed by atoms with E-state index < -0.39 is 6.04 Å². The molecule has 0 aliphatic carbocycles. The van der Waals surface area contributed by atoms with Crippen LogP contribution in [-0.4, -0.2) is 39.2 Å². The number of amides is 2. The second-order valence-corrected chi connectivity index (χ2v) is 6.47. The maximum absolute atomic E-state index is 12.3. The van der Waals surface area contributed by atoms with Gasteiger partial charge in [-0.05, 0) is 30.7 Å². The second-order valence-electron chi connectivity index (χ2n) is 6.47. The summed E-state index contributed by atoms with van der Waals surface area (Å²) in [6, 6.07) is 5.71. The second kappa shape index (κ2) is 8.64. The molecule has 2 aromatic rings. The molecule has 9 nitrogen and oxygen atoms in total. The Kier molecular flexibility index (Phi) is 6.03. The number of carbonyl (C=O) groups excluding carboxylic acids is 3. The summed E-state index contributed by atoms with van der Waals surface area (Å²) in [5.74, 6) is -0.0513. The van der Waals surface area contributed by atoms with Crippen molar-refractivity contribution in [1.29, 1.82) is 0 Å². The fourth-order valence-electron chi connectivity index (χ4n) is 2.77. The van der Waals surface area contributed by atoms with Gasteiger partial charge in [-0.1, -0.05) is 20.3 Å². The minimum absolute atomic E-state index is 0.0633. The van der Waals surface area contributed by atoms with Crippen molar-refractivity contribution < 1.29 is 19.1 Å². The average Bonchev–Trinajstić information content (AvgIpc) is 3.20. The molecular weight excluding hydrogens is 362 g/mol. The Morgan fingerprint density at radius 3 is 2.68 bits per heavy atom. The van der Waals surface area contributed by atoms with Gasteiger partial charge < -0.3 is 10.1 Å². The van der Waals surface area contributed by atoms with Crippen LogP contribution in [0.25, 0.3) is 0 Å². The van der Waals surface area contributed by atoms with E-state index in [4.69, 9.17) is 4.74 Å². The lowest BCUT2D eigenvalue weighted by molar-refractivity contribution is -0.123. The molecule has 0 radical (unpaired) electrons. The number of rotatable bonds is 8. The molecule has 28 heavy (non-hydrogen) atoms. The van der Waals surface area contributed by atoms with Gasteiger partial charge in [0.15, 0.2) is 5.82 Å². The lowest BCUT2D eigenvalue weighted by atomic mass is 10.1. The summed E-state index contributed by atoms with van der Waals surface area (Å²) in [5.41, 5.74) is 0.949. The Labute approximate surface area is 162 Å². The molecule has 1 aliphatic rings. The quantitative estimate of drug-likeness (QED) is 0.532. The number of nitrogens with one attached hydrogen (secondary N) is 2. The van der Waals surface area contributed by atoms with E-state index in [1.165, 1.54) is 4.68 Å². The van der Waals surface area contributed by atoms with E-state index in [1.54, 1.807) is 24.3 Å². The summed E-state index contributed by atoms with van der Waals surface area (Å²) >= 11 is 0. The zero-order valence-corrected chi connectivity index (χ0v) is 15.9. The van der Waals surface area contributed by atoms with Crippen LogP contribution in [0, 0.1) is 0 Å². The first kappa shape index (κ1) is 19.5. The topological polar surface area (TPSA) is 115 Å². The maximum atomic E-state index is 12.3. The zero-order valence-electron chi connectivity index (χ0n) is 15.9. The van der Waals surface area contributed by atoms with Gasteiger partial charge in [0.25, 0.3) is 5.91 Å². The Hall–Kier alpha value is -3.23. The van der Waals surface area contributed by atoms with Crippen molar-refractivity contribution >= 4 is 29.4 Å². The van der Waals surface area contributed by atoms with Gasteiger partial charge >= 0.3 is 5.97 Å². The summed E-state index contributed by atoms with van der Waals surface area (Å²) < 4.78 is 6.60. The van der Waals surface area contributed by atoms with Crippen LogP contribution in [0.3, 0.4) is 0 Å². The molecule has 0 unspecified atom stereocenters. The first-order valence-corrected chi connectivity index (χ1v) is 9.35. The van der Waals surface area contributed by atoms with Crippen LogP contribution in [0.4, 0.5) is 11.6 Å². The first-order valence-electron chi connectivity index (χ1n) is 9.35. The summed E-state index contributed by atoms with van der Waals surface area (Å²) in [7, 11) is 0. The third-order valence-corrected chi connectivity index (χ3v) is 4.34. The molecule has 1 aromatic carbocycles. The number of aryl methyl sites for hydroxylation is 1. The van der Waals surface area contributed by atoms with E-state index in [0.717, 1.165) is 12.8 Å². The molecule has 0 saturated carbocycles. The van der Waals surface area contributed by atoms with Crippen molar-refractivity contribution in [2.75, 3.05) is 17.2 Å². The molecule has 1 atom stereocenters. The molecule has 1 aliphatic heterocycles. The number of anilines is 2. The molecule has 0 spiro atoms. The SMILES string of the molecule is CCCCOC(=O)c1ccc(NC(=O)C[C@H]2C(=O)Nc3nc(CC)nn32)cc1. The number of benzene rings is 1. The number of carbonyl (C=O) groups is 3. The molecule has 0 saturated heterocycles. The number of hydrogen-bond acceptors (Lipinski definition) is 6. The van der Waals surface area contributed by atoms with Crippen molar-refractivity contribution in [1.82, 2.24) is 14.8 Å². The Balaban J connectivity index is 1.57. The van der Waals surface area contributed by atoms with Crippen LogP contribution in [0.5, 0.6) is 0 Å². The molecule has 9 heteroatoms. The number of hydrogen-bond donors (Lipinski definition) is 2. The minimum atomic E-state index is -0.726. The van der Waals surface area contributed by atoms with E-state index in [9.17, 15) is 14.4 Å². The zero-order chi connectivity index (χ0) is 20.1. The molecule has 2 N–H and O–H groups in total. The van der Waals surface area contributed by atoms with Gasteiger partial charge in [-0.15, -0.1) is 0 Å². The molecule has 0 fully saturated rings. The number of esters is 1. The van der Waals surface area contributed by atoms with Gasteiger partial charge in [-0.3, -0.25) is 14.9 Å². The fourth-order valence-corrected chi connectivity index (χ4v) is 2.77. The summed E-state index contributed by atoms with van der Waals surface area (Å²) in [6.07, 6.45) is 2.35. The van der Waals surface area contributed by atoms with Crippen molar-refractivity contribution in [2.24, 2.45) is 0 Å². The smallest absolute Gasteiger partial charge is 0.338 e. The minimum Gasteiger partial charge on any atom is -0.462 e. The number of unbranched alkanes of at least 4 members (excludes halogenated alkanes) is 1. The van der Waals surface area contributed by atoms with Crippen molar-refractivity contribution in [3.63, 3.8) is 0 Å². The summed E-state index contributed by atoms with van der Waals surface area (Å²) in [5, 5.41) is 9.61. The monoisotopic (exact) mass is 385 g/mol. The van der Waals surface area contributed by atoms with E-state index in [-0.39, 0.29) is 24.2 Å². The molecule has 0 bridgehead atoms. The number of nitrogens with zero attached hydrogens (tertiary/aromatic N) is 3. The lowest BCUT2D eigenvalue weighted by Crippen LogP contribution is -2.24. The largest absolute Gasteiger partial charge is 0.462 e. The predicted octanol–water partition coefficient (Wildman–Crippen LogP) is 2.32. The normalized spacial score (nSPS) is 15.1. The van der Waals surface area contributed by atoms with Crippen molar-refractivity contribution in [3.05, 3.63) is 35.7 Å². The molecule has 148 valence electrons. The standard InChI is InChI=1S/C19H23N5O4/c1-3-5-10-28-18(27)12-6-8-13(9-7-12)20-16(25)11-14-17(26)22-19-21-15(4-2)23-24(14)19/h6-9,14H,3-5,10-11H2,1-2H3,(H,20,25)(H,21,22,23,26)/t14-/m0/s1. The third kappa shape index (κ3) is 4.36. The molecule has 3 rings (SSSR count). The van der Waals surface area contributed by atoms with Gasteiger partial charge in [0.1, 0.15) is 6.04 Å². The van der Waals surface area contributed by atoms with Crippen LogP contribution in [0.2, 0.25) is 0 Å². The van der Waals surface area contributed by atoms with Crippen molar-refractivity contribution in [2.45, 2.75) is 45.6 Å². The highest BCUT2D eigenvalue weighted by molar-refractivity contribution is 6.01. The van der Waals surface area contributed by atoms with Crippen LogP contribution >= 0.6 is 0 Å².